The van der Waals surface area contributed by atoms with E-state index in [0.717, 1.165) is 11.1 Å². The number of nitrogens with zero attached hydrogens (tertiary/aromatic N) is 5. The molecule has 0 amide bonds. The first-order chi connectivity index (χ1) is 14.1. The van der Waals surface area contributed by atoms with Gasteiger partial charge in [0.05, 0.1) is 31.0 Å². The lowest BCUT2D eigenvalue weighted by Crippen LogP contribution is -2.41. The van der Waals surface area contributed by atoms with Gasteiger partial charge in [-0.25, -0.2) is 9.78 Å². The van der Waals surface area contributed by atoms with E-state index in [1.165, 1.54) is 4.57 Å². The van der Waals surface area contributed by atoms with Crippen molar-refractivity contribution in [2.24, 2.45) is 0 Å². The van der Waals surface area contributed by atoms with E-state index in [-0.39, 0.29) is 12.1 Å². The second-order valence-electron chi connectivity index (χ2n) is 6.76. The molecule has 0 aliphatic heterocycles. The highest BCUT2D eigenvalue weighted by atomic mass is 16.2. The molecule has 0 radical (unpaired) electrons. The Kier molecular flexibility index (Phi) is 4.83. The highest BCUT2D eigenvalue weighted by Crippen LogP contribution is 2.11. The molecule has 0 N–H and O–H groups in total. The van der Waals surface area contributed by atoms with Gasteiger partial charge in [0, 0.05) is 6.54 Å². The van der Waals surface area contributed by atoms with Gasteiger partial charge in [-0.1, -0.05) is 42.5 Å². The molecule has 0 spiro atoms. The summed E-state index contributed by atoms with van der Waals surface area (Å²) in [5.74, 6) is 0. The van der Waals surface area contributed by atoms with E-state index >= 15 is 0 Å². The Morgan fingerprint density at radius 1 is 0.931 bits per heavy atom. The highest BCUT2D eigenvalue weighted by molar-refractivity contribution is 5.70. The summed E-state index contributed by atoms with van der Waals surface area (Å²) in [6.45, 7) is 2.96. The number of hydrogen-bond acceptors (Lipinski definition) is 4. The van der Waals surface area contributed by atoms with Crippen LogP contribution >= 0.6 is 0 Å². The standard InChI is InChI=1S/C22H19N5O2/c1-2-25-15-24-20-19(25)21(28)27(14-18-10-8-16(12-23)9-11-18)22(29)26(20)13-17-6-4-3-5-7-17/h3-11,15H,2,13-14H2,1H3. The summed E-state index contributed by atoms with van der Waals surface area (Å²) in [4.78, 5) is 30.8. The number of rotatable bonds is 5. The summed E-state index contributed by atoms with van der Waals surface area (Å²) >= 11 is 0. The summed E-state index contributed by atoms with van der Waals surface area (Å²) in [5.41, 5.74) is 2.29. The summed E-state index contributed by atoms with van der Waals surface area (Å²) in [7, 11) is 0. The second kappa shape index (κ2) is 7.60. The molecule has 0 saturated heterocycles. The number of imidazole rings is 1. The summed E-state index contributed by atoms with van der Waals surface area (Å²) in [5, 5.41) is 8.97. The molecule has 29 heavy (non-hydrogen) atoms. The van der Waals surface area contributed by atoms with Crippen molar-refractivity contribution in [1.82, 2.24) is 18.7 Å². The summed E-state index contributed by atoms with van der Waals surface area (Å²) in [6, 6.07) is 18.5. The molecule has 4 rings (SSSR count). The van der Waals surface area contributed by atoms with Crippen LogP contribution in [0.15, 0.2) is 70.5 Å². The average Bonchev–Trinajstić information content (AvgIpc) is 3.19. The van der Waals surface area contributed by atoms with Crippen molar-refractivity contribution in [3.05, 3.63) is 98.5 Å². The van der Waals surface area contributed by atoms with Crippen LogP contribution in [0.4, 0.5) is 0 Å². The van der Waals surface area contributed by atoms with Crippen LogP contribution in [0, 0.1) is 11.3 Å². The van der Waals surface area contributed by atoms with Crippen molar-refractivity contribution in [1.29, 1.82) is 5.26 Å². The van der Waals surface area contributed by atoms with Gasteiger partial charge in [-0.3, -0.25) is 13.9 Å². The van der Waals surface area contributed by atoms with E-state index in [4.69, 9.17) is 5.26 Å². The zero-order valence-corrected chi connectivity index (χ0v) is 15.9. The van der Waals surface area contributed by atoms with Crippen molar-refractivity contribution in [3.8, 4) is 6.07 Å². The molecule has 0 atom stereocenters. The van der Waals surface area contributed by atoms with Gasteiger partial charge in [0.25, 0.3) is 5.56 Å². The minimum Gasteiger partial charge on any atom is -0.325 e. The fraction of sp³-hybridized carbons (Fsp3) is 0.182. The molecule has 0 bridgehead atoms. The van der Waals surface area contributed by atoms with Crippen molar-refractivity contribution in [2.45, 2.75) is 26.6 Å². The number of aryl methyl sites for hydroxylation is 1. The molecule has 2 heterocycles. The third-order valence-electron chi connectivity index (χ3n) is 4.93. The van der Waals surface area contributed by atoms with E-state index < -0.39 is 5.69 Å². The molecule has 0 fully saturated rings. The van der Waals surface area contributed by atoms with Gasteiger partial charge in [0.1, 0.15) is 0 Å². The molecule has 0 unspecified atom stereocenters. The van der Waals surface area contributed by atoms with Crippen LogP contribution in [0.25, 0.3) is 11.2 Å². The lowest BCUT2D eigenvalue weighted by molar-refractivity contribution is 0.627. The normalized spacial score (nSPS) is 10.9. The van der Waals surface area contributed by atoms with Crippen LogP contribution in [-0.2, 0) is 19.6 Å². The van der Waals surface area contributed by atoms with Gasteiger partial charge in [-0.05, 0) is 30.2 Å². The zero-order chi connectivity index (χ0) is 20.4. The molecule has 2 aromatic carbocycles. The fourth-order valence-corrected chi connectivity index (χ4v) is 3.39. The Morgan fingerprint density at radius 2 is 1.59 bits per heavy atom. The number of benzene rings is 2. The second-order valence-corrected chi connectivity index (χ2v) is 6.76. The minimum atomic E-state index is -0.405. The van der Waals surface area contributed by atoms with Gasteiger partial charge in [0.2, 0.25) is 0 Å². The molecule has 0 aliphatic carbocycles. The van der Waals surface area contributed by atoms with Gasteiger partial charge in [-0.2, -0.15) is 5.26 Å². The van der Waals surface area contributed by atoms with Crippen LogP contribution in [0.1, 0.15) is 23.6 Å². The Hall–Kier alpha value is -3.92. The zero-order valence-electron chi connectivity index (χ0n) is 15.9. The van der Waals surface area contributed by atoms with Crippen LogP contribution in [0.5, 0.6) is 0 Å². The van der Waals surface area contributed by atoms with Gasteiger partial charge >= 0.3 is 5.69 Å². The lowest BCUT2D eigenvalue weighted by atomic mass is 10.1. The van der Waals surface area contributed by atoms with Crippen LogP contribution in [0.3, 0.4) is 0 Å². The van der Waals surface area contributed by atoms with Crippen molar-refractivity contribution in [2.75, 3.05) is 0 Å². The predicted molar refractivity (Wildman–Crippen MR) is 110 cm³/mol. The van der Waals surface area contributed by atoms with Gasteiger partial charge in [-0.15, -0.1) is 0 Å². The topological polar surface area (TPSA) is 85.6 Å². The Balaban J connectivity index is 1.90. The molecular weight excluding hydrogens is 366 g/mol. The molecule has 0 aliphatic rings. The van der Waals surface area contributed by atoms with E-state index in [9.17, 15) is 9.59 Å². The van der Waals surface area contributed by atoms with Gasteiger partial charge < -0.3 is 4.57 Å². The summed E-state index contributed by atoms with van der Waals surface area (Å²) in [6.07, 6.45) is 1.60. The van der Waals surface area contributed by atoms with Crippen molar-refractivity contribution >= 4 is 11.2 Å². The Labute approximate surface area is 166 Å². The third kappa shape index (κ3) is 3.36. The van der Waals surface area contributed by atoms with E-state index in [2.05, 4.69) is 11.1 Å². The minimum absolute atomic E-state index is 0.128. The SMILES string of the molecule is CCn1cnc2c1c(=O)n(Cc1ccc(C#N)cc1)c(=O)n2Cc1ccccc1. The molecule has 2 aromatic heterocycles. The van der Waals surface area contributed by atoms with E-state index in [1.54, 1.807) is 39.7 Å². The molecule has 0 saturated carbocycles. The maximum atomic E-state index is 13.3. The smallest absolute Gasteiger partial charge is 0.325 e. The molecule has 7 nitrogen and oxygen atoms in total. The fourth-order valence-electron chi connectivity index (χ4n) is 3.39. The van der Waals surface area contributed by atoms with Crippen LogP contribution < -0.4 is 11.2 Å². The number of fused-ring (bicyclic) bond motifs is 1. The Bertz CT molecular complexity index is 1320. The maximum absolute atomic E-state index is 13.3. The monoisotopic (exact) mass is 385 g/mol. The van der Waals surface area contributed by atoms with Crippen LogP contribution in [0.2, 0.25) is 0 Å². The Morgan fingerprint density at radius 3 is 2.24 bits per heavy atom. The maximum Gasteiger partial charge on any atom is 0.333 e. The molecule has 7 heteroatoms. The highest BCUT2D eigenvalue weighted by Gasteiger charge is 2.18. The van der Waals surface area contributed by atoms with Crippen LogP contribution in [-0.4, -0.2) is 18.7 Å². The van der Waals surface area contributed by atoms with Crippen molar-refractivity contribution in [3.63, 3.8) is 0 Å². The molecule has 144 valence electrons. The van der Waals surface area contributed by atoms with E-state index in [0.29, 0.717) is 29.8 Å². The van der Waals surface area contributed by atoms with E-state index in [1.807, 2.05) is 37.3 Å². The largest absolute Gasteiger partial charge is 0.333 e. The third-order valence-corrected chi connectivity index (χ3v) is 4.93. The molecular formula is C22H19N5O2. The predicted octanol–water partition coefficient (Wildman–Crippen LogP) is 2.35. The van der Waals surface area contributed by atoms with Crippen molar-refractivity contribution < 1.29 is 0 Å². The number of nitriles is 1. The first-order valence-electron chi connectivity index (χ1n) is 9.33. The quantitative estimate of drug-likeness (QED) is 0.528. The first kappa shape index (κ1) is 18.4. The molecule has 4 aromatic rings. The summed E-state index contributed by atoms with van der Waals surface area (Å²) < 4.78 is 4.54. The number of hydrogen-bond donors (Lipinski definition) is 0. The average molecular weight is 385 g/mol. The van der Waals surface area contributed by atoms with Gasteiger partial charge in [0.15, 0.2) is 11.2 Å². The lowest BCUT2D eigenvalue weighted by Gasteiger charge is -2.13. The number of aromatic nitrogens is 4. The first-order valence-corrected chi connectivity index (χ1v) is 9.33.